The van der Waals surface area contributed by atoms with Crippen LogP contribution in [0.4, 0.5) is 10.1 Å². The third kappa shape index (κ3) is 6.66. The number of rotatable bonds is 9. The molecule has 4 aromatic rings. The van der Waals surface area contributed by atoms with Crippen molar-refractivity contribution in [2.24, 2.45) is 5.92 Å². The third-order valence-corrected chi connectivity index (χ3v) is 9.22. The molecular formula is C37H40FNO5. The second-order valence-corrected chi connectivity index (χ2v) is 12.1. The van der Waals surface area contributed by atoms with Crippen molar-refractivity contribution in [2.45, 2.75) is 62.6 Å². The number of para-hydroxylation sites is 1. The molecule has 0 amide bonds. The first kappa shape index (κ1) is 30.3. The third-order valence-electron chi connectivity index (χ3n) is 9.22. The van der Waals surface area contributed by atoms with Gasteiger partial charge in [-0.2, -0.15) is 0 Å². The summed E-state index contributed by atoms with van der Waals surface area (Å²) in [6, 6.07) is 30.0. The number of halogens is 1. The van der Waals surface area contributed by atoms with Crippen LogP contribution >= 0.6 is 0 Å². The lowest BCUT2D eigenvalue weighted by Crippen LogP contribution is -2.33. The largest absolute Gasteiger partial charge is 0.508 e. The van der Waals surface area contributed by atoms with Crippen molar-refractivity contribution < 1.29 is 29.6 Å². The first-order valence-electron chi connectivity index (χ1n) is 15.5. The molecular weight excluding hydrogens is 557 g/mol. The van der Waals surface area contributed by atoms with Crippen molar-refractivity contribution in [3.8, 4) is 16.9 Å². The van der Waals surface area contributed by atoms with Crippen LogP contribution in [0.1, 0.15) is 67.0 Å². The van der Waals surface area contributed by atoms with Crippen LogP contribution in [0.15, 0.2) is 97.1 Å². The van der Waals surface area contributed by atoms with E-state index in [1.54, 1.807) is 12.1 Å². The van der Waals surface area contributed by atoms with Gasteiger partial charge in [0.2, 0.25) is 0 Å². The van der Waals surface area contributed by atoms with Gasteiger partial charge in [-0.05, 0) is 77.8 Å². The molecule has 6 atom stereocenters. The SMILES string of the molecule is OCC1CC(O)CC(c2ccc(-c3ccc(C4C(CCC(O)c5ccc(F)cc5)CCN4c4ccccc4)c(O)c3)cc2)O1. The Morgan fingerprint density at radius 3 is 2.32 bits per heavy atom. The van der Waals surface area contributed by atoms with Crippen LogP contribution in [0.3, 0.4) is 0 Å². The van der Waals surface area contributed by atoms with Crippen LogP contribution in [-0.2, 0) is 4.74 Å². The minimum atomic E-state index is -0.683. The molecule has 230 valence electrons. The highest BCUT2D eigenvalue weighted by atomic mass is 19.1. The fourth-order valence-electron chi connectivity index (χ4n) is 6.90. The van der Waals surface area contributed by atoms with Gasteiger partial charge in [-0.3, -0.25) is 0 Å². The van der Waals surface area contributed by atoms with Gasteiger partial charge < -0.3 is 30.1 Å². The summed E-state index contributed by atoms with van der Waals surface area (Å²) in [5, 5.41) is 42.0. The maximum absolute atomic E-state index is 13.4. The van der Waals surface area contributed by atoms with E-state index in [0.29, 0.717) is 24.8 Å². The molecule has 0 aromatic heterocycles. The van der Waals surface area contributed by atoms with E-state index >= 15 is 0 Å². The summed E-state index contributed by atoms with van der Waals surface area (Å²) in [6.07, 6.45) is 1.33. The number of ether oxygens (including phenoxy) is 1. The highest BCUT2D eigenvalue weighted by Gasteiger charge is 2.37. The van der Waals surface area contributed by atoms with Gasteiger partial charge >= 0.3 is 0 Å². The molecule has 0 bridgehead atoms. The molecule has 6 nitrogen and oxygen atoms in total. The number of aliphatic hydroxyl groups excluding tert-OH is 3. The Kier molecular flexibility index (Phi) is 9.28. The summed E-state index contributed by atoms with van der Waals surface area (Å²) in [4.78, 5) is 2.34. The van der Waals surface area contributed by atoms with Crippen molar-refractivity contribution in [1.82, 2.24) is 0 Å². The number of nitrogens with zero attached hydrogens (tertiary/aromatic N) is 1. The van der Waals surface area contributed by atoms with E-state index in [0.717, 1.165) is 47.3 Å². The highest BCUT2D eigenvalue weighted by molar-refractivity contribution is 5.67. The zero-order chi connectivity index (χ0) is 30.6. The average Bonchev–Trinajstić information content (AvgIpc) is 3.47. The number of hydrogen-bond acceptors (Lipinski definition) is 6. The highest BCUT2D eigenvalue weighted by Crippen LogP contribution is 2.46. The quantitative estimate of drug-likeness (QED) is 0.169. The Bertz CT molecular complexity index is 1510. The fraction of sp³-hybridized carbons (Fsp3) is 0.351. The lowest BCUT2D eigenvalue weighted by molar-refractivity contribution is -0.113. The van der Waals surface area contributed by atoms with Crippen LogP contribution in [0.5, 0.6) is 5.75 Å². The van der Waals surface area contributed by atoms with Gasteiger partial charge in [0.05, 0.1) is 37.1 Å². The fourth-order valence-corrected chi connectivity index (χ4v) is 6.90. The summed E-state index contributed by atoms with van der Waals surface area (Å²) in [7, 11) is 0. The Morgan fingerprint density at radius 2 is 1.61 bits per heavy atom. The van der Waals surface area contributed by atoms with Gasteiger partial charge in [0, 0.05) is 30.6 Å². The molecule has 2 saturated heterocycles. The van der Waals surface area contributed by atoms with Gasteiger partial charge in [0.1, 0.15) is 11.6 Å². The van der Waals surface area contributed by atoms with Crippen molar-refractivity contribution in [2.75, 3.05) is 18.1 Å². The molecule has 44 heavy (non-hydrogen) atoms. The van der Waals surface area contributed by atoms with Crippen LogP contribution in [0, 0.1) is 11.7 Å². The summed E-state index contributed by atoms with van der Waals surface area (Å²) in [5.41, 5.74) is 5.45. The molecule has 2 heterocycles. The molecule has 4 aromatic carbocycles. The molecule has 4 N–H and O–H groups in total. The van der Waals surface area contributed by atoms with Crippen LogP contribution in [0.25, 0.3) is 11.1 Å². The first-order valence-corrected chi connectivity index (χ1v) is 15.5. The number of hydrogen-bond donors (Lipinski definition) is 4. The van der Waals surface area contributed by atoms with E-state index in [1.807, 2.05) is 60.7 Å². The zero-order valence-electron chi connectivity index (χ0n) is 24.7. The number of phenolic OH excluding ortho intramolecular Hbond substituents is 1. The minimum Gasteiger partial charge on any atom is -0.508 e. The van der Waals surface area contributed by atoms with E-state index in [1.165, 1.54) is 12.1 Å². The van der Waals surface area contributed by atoms with Crippen molar-refractivity contribution >= 4 is 5.69 Å². The Morgan fingerprint density at radius 1 is 0.886 bits per heavy atom. The van der Waals surface area contributed by atoms with E-state index < -0.39 is 12.2 Å². The maximum atomic E-state index is 13.4. The molecule has 7 heteroatoms. The lowest BCUT2D eigenvalue weighted by Gasteiger charge is -2.32. The molecule has 0 spiro atoms. The summed E-state index contributed by atoms with van der Waals surface area (Å²) < 4.78 is 19.4. The lowest BCUT2D eigenvalue weighted by atomic mass is 9.86. The zero-order valence-corrected chi connectivity index (χ0v) is 24.7. The van der Waals surface area contributed by atoms with Crippen molar-refractivity contribution in [3.05, 3.63) is 120 Å². The van der Waals surface area contributed by atoms with Gasteiger partial charge in [-0.15, -0.1) is 0 Å². The van der Waals surface area contributed by atoms with Crippen molar-refractivity contribution in [3.63, 3.8) is 0 Å². The van der Waals surface area contributed by atoms with Crippen LogP contribution in [0.2, 0.25) is 0 Å². The van der Waals surface area contributed by atoms with Gasteiger partial charge in [-0.25, -0.2) is 4.39 Å². The van der Waals surface area contributed by atoms with E-state index in [-0.39, 0.29) is 42.3 Å². The summed E-state index contributed by atoms with van der Waals surface area (Å²) >= 11 is 0. The summed E-state index contributed by atoms with van der Waals surface area (Å²) in [6.45, 7) is 0.722. The van der Waals surface area contributed by atoms with E-state index in [2.05, 4.69) is 17.0 Å². The molecule has 2 fully saturated rings. The molecule has 2 aliphatic heterocycles. The maximum Gasteiger partial charge on any atom is 0.123 e. The standard InChI is InChI=1S/C37H40FNO5/c38-29-14-10-25(11-15-29)34(42)17-13-27-18-19-39(30-4-2-1-3-5-30)37(27)33-16-12-28(20-35(33)43)24-6-8-26(9-7-24)36-22-31(41)21-32(23-40)44-36/h1-12,14-16,20,27,31-32,34,36-37,40-43H,13,17-19,21-23H2. The molecule has 0 saturated carbocycles. The summed E-state index contributed by atoms with van der Waals surface area (Å²) in [5.74, 6) is 0.113. The number of benzene rings is 4. The second-order valence-electron chi connectivity index (χ2n) is 12.1. The smallest absolute Gasteiger partial charge is 0.123 e. The number of aliphatic hydroxyl groups is 3. The average molecular weight is 598 g/mol. The van der Waals surface area contributed by atoms with E-state index in [4.69, 9.17) is 4.74 Å². The van der Waals surface area contributed by atoms with Gasteiger partial charge in [0.15, 0.2) is 0 Å². The second kappa shape index (κ2) is 13.5. The Labute approximate surface area is 258 Å². The topological polar surface area (TPSA) is 93.4 Å². The predicted octanol–water partition coefficient (Wildman–Crippen LogP) is 6.85. The molecule has 2 aliphatic rings. The number of phenols is 1. The van der Waals surface area contributed by atoms with E-state index in [9.17, 15) is 24.8 Å². The molecule has 0 aliphatic carbocycles. The Balaban J connectivity index is 1.22. The van der Waals surface area contributed by atoms with Gasteiger partial charge in [0.25, 0.3) is 0 Å². The molecule has 6 rings (SSSR count). The monoisotopic (exact) mass is 597 g/mol. The molecule has 0 radical (unpaired) electrons. The normalized spacial score (nSPS) is 24.4. The number of aromatic hydroxyl groups is 1. The minimum absolute atomic E-state index is 0.0661. The molecule has 6 unspecified atom stereocenters. The van der Waals surface area contributed by atoms with Crippen LogP contribution in [-0.4, -0.2) is 45.8 Å². The predicted molar refractivity (Wildman–Crippen MR) is 169 cm³/mol. The first-order chi connectivity index (χ1) is 21.4. The van der Waals surface area contributed by atoms with Crippen LogP contribution < -0.4 is 4.90 Å². The number of anilines is 1. The Hall–Kier alpha value is -3.75. The van der Waals surface area contributed by atoms with Gasteiger partial charge in [-0.1, -0.05) is 66.7 Å². The van der Waals surface area contributed by atoms with Crippen molar-refractivity contribution in [1.29, 1.82) is 0 Å².